The van der Waals surface area contributed by atoms with Crippen molar-refractivity contribution in [3.8, 4) is 10.6 Å². The molecule has 0 aliphatic carbocycles. The summed E-state index contributed by atoms with van der Waals surface area (Å²) in [4.78, 5) is 20.4. The van der Waals surface area contributed by atoms with Gasteiger partial charge in [-0.05, 0) is 23.6 Å². The zero-order valence-corrected chi connectivity index (χ0v) is 14.4. The van der Waals surface area contributed by atoms with E-state index in [1.165, 1.54) is 5.56 Å². The predicted molar refractivity (Wildman–Crippen MR) is 95.0 cm³/mol. The largest absolute Gasteiger partial charge is 0.454 e. The van der Waals surface area contributed by atoms with Crippen LogP contribution in [0.2, 0.25) is 0 Å². The van der Waals surface area contributed by atoms with Crippen molar-refractivity contribution in [1.82, 2.24) is 9.97 Å². The standard InChI is InChI=1S/C19H18N2O2S/c1-13(2)14-6-8-15(9-7-14)18-21-16(12-24-18)11-23-19(22)17-5-3-4-10-20-17/h3-10,12-13H,11H2,1-2H3. The molecule has 0 unspecified atom stereocenters. The van der Waals surface area contributed by atoms with E-state index in [2.05, 4.69) is 48.1 Å². The first-order valence-electron chi connectivity index (χ1n) is 7.76. The maximum Gasteiger partial charge on any atom is 0.357 e. The summed E-state index contributed by atoms with van der Waals surface area (Å²) in [6.45, 7) is 4.49. The minimum absolute atomic E-state index is 0.149. The van der Waals surface area contributed by atoms with Gasteiger partial charge in [-0.15, -0.1) is 11.3 Å². The smallest absolute Gasteiger partial charge is 0.357 e. The molecular formula is C19H18N2O2S. The summed E-state index contributed by atoms with van der Waals surface area (Å²) in [6.07, 6.45) is 1.57. The number of carbonyl (C=O) groups is 1. The monoisotopic (exact) mass is 338 g/mol. The van der Waals surface area contributed by atoms with Crippen LogP contribution in [0.1, 0.15) is 41.5 Å². The first-order chi connectivity index (χ1) is 11.6. The number of ether oxygens (including phenoxy) is 1. The molecule has 0 spiro atoms. The van der Waals surface area contributed by atoms with Gasteiger partial charge in [0.15, 0.2) is 0 Å². The second-order valence-electron chi connectivity index (χ2n) is 5.71. The quantitative estimate of drug-likeness (QED) is 0.634. The molecule has 122 valence electrons. The number of rotatable bonds is 5. The fraction of sp³-hybridized carbons (Fsp3) is 0.211. The zero-order chi connectivity index (χ0) is 16.9. The van der Waals surface area contributed by atoms with E-state index < -0.39 is 5.97 Å². The van der Waals surface area contributed by atoms with Gasteiger partial charge in [-0.2, -0.15) is 0 Å². The number of aromatic nitrogens is 2. The van der Waals surface area contributed by atoms with Crippen LogP contribution in [0.4, 0.5) is 0 Å². The lowest BCUT2D eigenvalue weighted by Gasteiger charge is -2.05. The van der Waals surface area contributed by atoms with Gasteiger partial charge in [0.2, 0.25) is 0 Å². The summed E-state index contributed by atoms with van der Waals surface area (Å²) < 4.78 is 5.26. The molecule has 5 heteroatoms. The predicted octanol–water partition coefficient (Wildman–Crippen LogP) is 4.69. The van der Waals surface area contributed by atoms with Gasteiger partial charge >= 0.3 is 5.97 Å². The summed E-state index contributed by atoms with van der Waals surface area (Å²) >= 11 is 1.55. The van der Waals surface area contributed by atoms with E-state index in [-0.39, 0.29) is 6.61 Å². The fourth-order valence-corrected chi connectivity index (χ4v) is 3.02. The Morgan fingerprint density at radius 2 is 1.96 bits per heavy atom. The van der Waals surface area contributed by atoms with Gasteiger partial charge in [0.1, 0.15) is 17.3 Å². The Morgan fingerprint density at radius 3 is 2.62 bits per heavy atom. The van der Waals surface area contributed by atoms with Crippen LogP contribution in [0.3, 0.4) is 0 Å². The summed E-state index contributed by atoms with van der Waals surface area (Å²) in [5.74, 6) is 0.0725. The molecule has 24 heavy (non-hydrogen) atoms. The van der Waals surface area contributed by atoms with Crippen molar-refractivity contribution >= 4 is 17.3 Å². The van der Waals surface area contributed by atoms with Crippen LogP contribution in [0, 0.1) is 0 Å². The minimum Gasteiger partial charge on any atom is -0.454 e. The van der Waals surface area contributed by atoms with Gasteiger partial charge in [0.05, 0.1) is 5.69 Å². The Morgan fingerprint density at radius 1 is 1.17 bits per heavy atom. The third kappa shape index (κ3) is 3.86. The minimum atomic E-state index is -0.438. The molecule has 0 N–H and O–H groups in total. The van der Waals surface area contributed by atoms with Gasteiger partial charge in [-0.3, -0.25) is 0 Å². The summed E-state index contributed by atoms with van der Waals surface area (Å²) in [7, 11) is 0. The normalized spacial score (nSPS) is 10.8. The molecule has 2 heterocycles. The highest BCUT2D eigenvalue weighted by Crippen LogP contribution is 2.26. The molecular weight excluding hydrogens is 320 g/mol. The maximum absolute atomic E-state index is 11.9. The second-order valence-corrected chi connectivity index (χ2v) is 6.57. The van der Waals surface area contributed by atoms with Crippen molar-refractivity contribution in [2.45, 2.75) is 26.4 Å². The molecule has 0 saturated carbocycles. The van der Waals surface area contributed by atoms with Gasteiger partial charge in [0, 0.05) is 17.1 Å². The van der Waals surface area contributed by atoms with Crippen LogP contribution < -0.4 is 0 Å². The lowest BCUT2D eigenvalue weighted by molar-refractivity contribution is 0.0461. The number of hydrogen-bond acceptors (Lipinski definition) is 5. The average molecular weight is 338 g/mol. The number of nitrogens with zero attached hydrogens (tertiary/aromatic N) is 2. The van der Waals surface area contributed by atoms with Gasteiger partial charge in [-0.1, -0.05) is 44.2 Å². The van der Waals surface area contributed by atoms with Crippen LogP contribution in [0.25, 0.3) is 10.6 Å². The lowest BCUT2D eigenvalue weighted by atomic mass is 10.0. The third-order valence-electron chi connectivity index (χ3n) is 3.60. The maximum atomic E-state index is 11.9. The van der Waals surface area contributed by atoms with E-state index in [0.29, 0.717) is 11.6 Å². The number of pyridine rings is 1. The van der Waals surface area contributed by atoms with Crippen molar-refractivity contribution in [1.29, 1.82) is 0 Å². The van der Waals surface area contributed by atoms with Crippen molar-refractivity contribution in [3.63, 3.8) is 0 Å². The second kappa shape index (κ2) is 7.36. The molecule has 0 amide bonds. The first-order valence-corrected chi connectivity index (χ1v) is 8.64. The number of thiazole rings is 1. The molecule has 2 aromatic heterocycles. The highest BCUT2D eigenvalue weighted by Gasteiger charge is 2.10. The number of benzene rings is 1. The molecule has 0 aliphatic heterocycles. The van der Waals surface area contributed by atoms with Crippen LogP contribution >= 0.6 is 11.3 Å². The molecule has 0 atom stereocenters. The summed E-state index contributed by atoms with van der Waals surface area (Å²) in [5, 5.41) is 2.84. The zero-order valence-electron chi connectivity index (χ0n) is 13.6. The Labute approximate surface area is 145 Å². The topological polar surface area (TPSA) is 52.1 Å². The van der Waals surface area contributed by atoms with Gasteiger partial charge < -0.3 is 4.74 Å². The number of hydrogen-bond donors (Lipinski definition) is 0. The highest BCUT2D eigenvalue weighted by molar-refractivity contribution is 7.13. The van der Waals surface area contributed by atoms with Crippen molar-refractivity contribution < 1.29 is 9.53 Å². The van der Waals surface area contributed by atoms with Crippen molar-refractivity contribution in [3.05, 3.63) is 71.0 Å². The molecule has 0 radical (unpaired) electrons. The van der Waals surface area contributed by atoms with Gasteiger partial charge in [-0.25, -0.2) is 14.8 Å². The molecule has 3 aromatic rings. The Kier molecular flexibility index (Phi) is 5.01. The van der Waals surface area contributed by atoms with Crippen molar-refractivity contribution in [2.75, 3.05) is 0 Å². The average Bonchev–Trinajstić information content (AvgIpc) is 3.09. The third-order valence-corrected chi connectivity index (χ3v) is 4.54. The number of carbonyl (C=O) groups excluding carboxylic acids is 1. The van der Waals surface area contributed by atoms with Gasteiger partial charge in [0.25, 0.3) is 0 Å². The molecule has 4 nitrogen and oxygen atoms in total. The molecule has 1 aromatic carbocycles. The van der Waals surface area contributed by atoms with E-state index in [1.54, 1.807) is 35.7 Å². The van der Waals surface area contributed by atoms with Crippen LogP contribution in [0.5, 0.6) is 0 Å². The summed E-state index contributed by atoms with van der Waals surface area (Å²) in [5.41, 5.74) is 3.43. The molecule has 0 fully saturated rings. The van der Waals surface area contributed by atoms with Crippen LogP contribution in [-0.2, 0) is 11.3 Å². The van der Waals surface area contributed by atoms with E-state index >= 15 is 0 Å². The van der Waals surface area contributed by atoms with Crippen LogP contribution in [-0.4, -0.2) is 15.9 Å². The molecule has 0 saturated heterocycles. The van der Waals surface area contributed by atoms with E-state index in [4.69, 9.17) is 4.74 Å². The van der Waals surface area contributed by atoms with Crippen molar-refractivity contribution in [2.24, 2.45) is 0 Å². The fourth-order valence-electron chi connectivity index (χ4n) is 2.21. The molecule has 3 rings (SSSR count). The number of esters is 1. The SMILES string of the molecule is CC(C)c1ccc(-c2nc(COC(=O)c3ccccn3)cs2)cc1. The Hall–Kier alpha value is -2.53. The first kappa shape index (κ1) is 16.3. The summed E-state index contributed by atoms with van der Waals surface area (Å²) in [6, 6.07) is 13.6. The Balaban J connectivity index is 1.64. The molecule has 0 bridgehead atoms. The molecule has 0 aliphatic rings. The van der Waals surface area contributed by atoms with E-state index in [1.807, 2.05) is 5.38 Å². The van der Waals surface area contributed by atoms with E-state index in [0.717, 1.165) is 16.3 Å². The highest BCUT2D eigenvalue weighted by atomic mass is 32.1. The Bertz CT molecular complexity index is 811. The lowest BCUT2D eigenvalue weighted by Crippen LogP contribution is -2.07. The van der Waals surface area contributed by atoms with Crippen LogP contribution in [0.15, 0.2) is 54.0 Å². The van der Waals surface area contributed by atoms with E-state index in [9.17, 15) is 4.79 Å².